The highest BCUT2D eigenvalue weighted by atomic mass is 32.2. The number of methoxy groups -OCH3 is 2. The number of rotatable bonds is 7. The third-order valence-corrected chi connectivity index (χ3v) is 6.64. The highest BCUT2D eigenvalue weighted by Crippen LogP contribution is 2.39. The second-order valence-electron chi connectivity index (χ2n) is 7.65. The molecule has 4 rings (SSSR count). The molecule has 0 saturated carbocycles. The van der Waals surface area contributed by atoms with Crippen LogP contribution in [0, 0.1) is 6.92 Å². The molecule has 2 atom stereocenters. The average molecular weight is 471 g/mol. The monoisotopic (exact) mass is 470 g/mol. The summed E-state index contributed by atoms with van der Waals surface area (Å²) >= 11 is 0. The molecule has 1 fully saturated rings. The summed E-state index contributed by atoms with van der Waals surface area (Å²) in [5.41, 5.74) is 2.69. The van der Waals surface area contributed by atoms with Crippen LogP contribution in [0.5, 0.6) is 17.2 Å². The van der Waals surface area contributed by atoms with Crippen molar-refractivity contribution in [3.8, 4) is 17.2 Å². The van der Waals surface area contributed by atoms with Gasteiger partial charge in [0.15, 0.2) is 17.8 Å². The molecule has 3 aromatic rings. The molecule has 0 aromatic heterocycles. The van der Waals surface area contributed by atoms with Gasteiger partial charge in [-0.2, -0.15) is 8.42 Å². The van der Waals surface area contributed by atoms with E-state index in [1.54, 1.807) is 37.4 Å². The highest BCUT2D eigenvalue weighted by Gasteiger charge is 2.27. The molecule has 7 nitrogen and oxygen atoms in total. The summed E-state index contributed by atoms with van der Waals surface area (Å²) in [6.07, 6.45) is -0.112. The predicted molar refractivity (Wildman–Crippen MR) is 122 cm³/mol. The summed E-state index contributed by atoms with van der Waals surface area (Å²) < 4.78 is 53.3. The quantitative estimate of drug-likeness (QED) is 0.452. The van der Waals surface area contributed by atoms with E-state index in [1.807, 2.05) is 31.2 Å². The summed E-state index contributed by atoms with van der Waals surface area (Å²) in [5.74, 6) is 1.17. The van der Waals surface area contributed by atoms with E-state index >= 15 is 0 Å². The molecule has 0 radical (unpaired) electrons. The van der Waals surface area contributed by atoms with E-state index in [9.17, 15) is 8.42 Å². The molecule has 174 valence electrons. The number of hydrogen-bond donors (Lipinski definition) is 0. The molecule has 1 aliphatic heterocycles. The van der Waals surface area contributed by atoms with Crippen LogP contribution in [0.3, 0.4) is 0 Å². The van der Waals surface area contributed by atoms with Crippen LogP contribution in [-0.2, 0) is 19.6 Å². The van der Waals surface area contributed by atoms with Crippen molar-refractivity contribution in [2.45, 2.75) is 30.6 Å². The maximum Gasteiger partial charge on any atom is 0.339 e. The van der Waals surface area contributed by atoms with Crippen LogP contribution >= 0.6 is 0 Å². The Hall–Kier alpha value is -3.07. The predicted octanol–water partition coefficient (Wildman–Crippen LogP) is 4.96. The van der Waals surface area contributed by atoms with Crippen molar-refractivity contribution in [3.63, 3.8) is 0 Å². The van der Waals surface area contributed by atoms with Crippen molar-refractivity contribution < 1.29 is 31.5 Å². The van der Waals surface area contributed by atoms with Crippen LogP contribution in [0.25, 0.3) is 0 Å². The third-order valence-electron chi connectivity index (χ3n) is 5.39. The highest BCUT2D eigenvalue weighted by molar-refractivity contribution is 7.87. The van der Waals surface area contributed by atoms with Gasteiger partial charge in [0.2, 0.25) is 0 Å². The van der Waals surface area contributed by atoms with Gasteiger partial charge in [-0.05, 0) is 48.9 Å². The number of aryl methyl sites for hydroxylation is 1. The number of hydrogen-bond acceptors (Lipinski definition) is 7. The Kier molecular flexibility index (Phi) is 6.88. The Bertz CT molecular complexity index is 1190. The van der Waals surface area contributed by atoms with E-state index in [0.717, 1.165) is 22.4 Å². The van der Waals surface area contributed by atoms with E-state index in [1.165, 1.54) is 19.2 Å². The average Bonchev–Trinajstić information content (AvgIpc) is 2.84. The Morgan fingerprint density at radius 1 is 0.848 bits per heavy atom. The summed E-state index contributed by atoms with van der Waals surface area (Å²) in [6.45, 7) is 2.40. The van der Waals surface area contributed by atoms with Gasteiger partial charge >= 0.3 is 10.1 Å². The molecule has 1 saturated heterocycles. The van der Waals surface area contributed by atoms with Gasteiger partial charge in [-0.3, -0.25) is 0 Å². The Morgan fingerprint density at radius 2 is 1.55 bits per heavy atom. The molecule has 0 spiro atoms. The van der Waals surface area contributed by atoms with Crippen LogP contribution < -0.4 is 13.7 Å². The largest absolute Gasteiger partial charge is 0.497 e. The molecule has 8 heteroatoms. The van der Waals surface area contributed by atoms with Crippen LogP contribution in [0.2, 0.25) is 0 Å². The van der Waals surface area contributed by atoms with Gasteiger partial charge in [0.25, 0.3) is 0 Å². The van der Waals surface area contributed by atoms with Crippen molar-refractivity contribution in [2.75, 3.05) is 20.8 Å². The fourth-order valence-electron chi connectivity index (χ4n) is 3.54. The summed E-state index contributed by atoms with van der Waals surface area (Å²) in [7, 11) is -0.908. The van der Waals surface area contributed by atoms with Crippen molar-refractivity contribution in [1.29, 1.82) is 0 Å². The second-order valence-corrected chi connectivity index (χ2v) is 9.20. The minimum absolute atomic E-state index is 0.0781. The molecule has 1 heterocycles. The summed E-state index contributed by atoms with van der Waals surface area (Å²) in [6, 6.07) is 19.1. The Labute approximate surface area is 193 Å². The van der Waals surface area contributed by atoms with Crippen LogP contribution in [0.4, 0.5) is 0 Å². The van der Waals surface area contributed by atoms with Gasteiger partial charge in [-0.15, -0.1) is 0 Å². The van der Waals surface area contributed by atoms with Gasteiger partial charge in [-0.1, -0.05) is 35.9 Å². The maximum atomic E-state index is 12.7. The van der Waals surface area contributed by atoms with Gasteiger partial charge < -0.3 is 23.1 Å². The van der Waals surface area contributed by atoms with Crippen molar-refractivity contribution >= 4 is 10.1 Å². The SMILES string of the molecule is COc1ccc([C@H]2OCC[C@@H](c3ccc(OS(=O)(=O)c4ccc(C)cc4)c(OC)c3)O2)cc1. The smallest absolute Gasteiger partial charge is 0.339 e. The van der Waals surface area contributed by atoms with E-state index in [4.69, 9.17) is 23.1 Å². The minimum atomic E-state index is -3.99. The molecular formula is C25H26O7S. The molecule has 0 bridgehead atoms. The van der Waals surface area contributed by atoms with E-state index in [-0.39, 0.29) is 16.7 Å². The first-order valence-corrected chi connectivity index (χ1v) is 11.9. The Morgan fingerprint density at radius 3 is 2.21 bits per heavy atom. The first-order chi connectivity index (χ1) is 15.9. The van der Waals surface area contributed by atoms with E-state index in [2.05, 4.69) is 0 Å². The van der Waals surface area contributed by atoms with Crippen LogP contribution in [0.15, 0.2) is 71.6 Å². The topological polar surface area (TPSA) is 80.3 Å². The zero-order valence-electron chi connectivity index (χ0n) is 18.7. The van der Waals surface area contributed by atoms with Crippen molar-refractivity contribution in [3.05, 3.63) is 83.4 Å². The first-order valence-electron chi connectivity index (χ1n) is 10.5. The van der Waals surface area contributed by atoms with Crippen molar-refractivity contribution in [2.24, 2.45) is 0 Å². The lowest BCUT2D eigenvalue weighted by atomic mass is 10.0. The minimum Gasteiger partial charge on any atom is -0.497 e. The number of ether oxygens (including phenoxy) is 4. The second kappa shape index (κ2) is 9.82. The summed E-state index contributed by atoms with van der Waals surface area (Å²) in [5, 5.41) is 0. The van der Waals surface area contributed by atoms with E-state index < -0.39 is 16.4 Å². The fourth-order valence-corrected chi connectivity index (χ4v) is 4.48. The zero-order chi connectivity index (χ0) is 23.4. The van der Waals surface area contributed by atoms with Gasteiger partial charge in [0, 0.05) is 12.0 Å². The number of benzene rings is 3. The molecule has 33 heavy (non-hydrogen) atoms. The molecule has 0 N–H and O–H groups in total. The summed E-state index contributed by atoms with van der Waals surface area (Å²) in [4.78, 5) is 0.0781. The normalized spacial score (nSPS) is 18.5. The van der Waals surface area contributed by atoms with Crippen molar-refractivity contribution in [1.82, 2.24) is 0 Å². The maximum absolute atomic E-state index is 12.7. The standard InChI is InChI=1S/C25H26O7S/c1-17-4-11-21(12-5-17)33(26,27)32-23-13-8-19(16-24(23)29-3)22-14-15-30-25(31-22)18-6-9-20(28-2)10-7-18/h4-13,16,22,25H,14-15H2,1-3H3/t22-,25-/m0/s1. The molecule has 0 unspecified atom stereocenters. The zero-order valence-corrected chi connectivity index (χ0v) is 19.5. The fraction of sp³-hybridized carbons (Fsp3) is 0.280. The lowest BCUT2D eigenvalue weighted by Crippen LogP contribution is -2.21. The third kappa shape index (κ3) is 5.30. The van der Waals surface area contributed by atoms with Crippen LogP contribution in [-0.4, -0.2) is 29.2 Å². The first kappa shape index (κ1) is 23.1. The Balaban J connectivity index is 1.52. The van der Waals surface area contributed by atoms with Crippen LogP contribution in [0.1, 0.15) is 35.5 Å². The molecule has 0 aliphatic carbocycles. The lowest BCUT2D eigenvalue weighted by Gasteiger charge is -2.31. The van der Waals surface area contributed by atoms with Gasteiger partial charge in [-0.25, -0.2) is 0 Å². The van der Waals surface area contributed by atoms with Gasteiger partial charge in [0.05, 0.1) is 26.9 Å². The van der Waals surface area contributed by atoms with Gasteiger partial charge in [0.1, 0.15) is 10.6 Å². The molecule has 3 aromatic carbocycles. The molecular weight excluding hydrogens is 444 g/mol. The molecule has 1 aliphatic rings. The lowest BCUT2D eigenvalue weighted by molar-refractivity contribution is -0.219. The van der Waals surface area contributed by atoms with E-state index in [0.29, 0.717) is 18.8 Å². The molecule has 0 amide bonds.